The first-order valence-corrected chi connectivity index (χ1v) is 9.89. The van der Waals surface area contributed by atoms with Crippen molar-refractivity contribution >= 4 is 23.7 Å². The first kappa shape index (κ1) is 18.5. The lowest BCUT2D eigenvalue weighted by Gasteiger charge is -2.37. The summed E-state index contributed by atoms with van der Waals surface area (Å²) in [5, 5.41) is 16.4. The summed E-state index contributed by atoms with van der Waals surface area (Å²) in [6.07, 6.45) is 7.28. The molecule has 4 atom stereocenters. The SMILES string of the molecule is Cc1ccc(-c2ccc(/C=N\N3C(=O)[C@@H]4[C@H](C3=O)[C@H]3C=C[C@H]4CC3)o2)c([N+](=O)[O-])c1. The third-order valence-corrected chi connectivity index (χ3v) is 6.28. The molecule has 0 unspecified atom stereocenters. The Hall–Kier alpha value is -3.55. The van der Waals surface area contributed by atoms with Gasteiger partial charge in [0, 0.05) is 6.07 Å². The highest BCUT2D eigenvalue weighted by Crippen LogP contribution is 2.49. The van der Waals surface area contributed by atoms with Crippen LogP contribution in [0.1, 0.15) is 24.2 Å². The van der Waals surface area contributed by atoms with E-state index < -0.39 is 4.92 Å². The minimum absolute atomic E-state index is 0.0511. The third-order valence-electron chi connectivity index (χ3n) is 6.28. The fraction of sp³-hybridized carbons (Fsp3) is 0.318. The highest BCUT2D eigenvalue weighted by atomic mass is 16.6. The Labute approximate surface area is 172 Å². The van der Waals surface area contributed by atoms with E-state index in [-0.39, 0.29) is 41.2 Å². The Balaban J connectivity index is 1.40. The van der Waals surface area contributed by atoms with Gasteiger partial charge in [-0.2, -0.15) is 10.1 Å². The lowest BCUT2D eigenvalue weighted by Crippen LogP contribution is -2.38. The highest BCUT2D eigenvalue weighted by Gasteiger charge is 2.56. The standard InChI is InChI=1S/C22H19N3O5/c1-12-2-8-16(17(10-12)25(28)29)18-9-7-15(30-18)11-23-24-21(26)19-13-3-4-14(6-5-13)20(19)22(24)27/h2-4,7-11,13-14,19-20H,5-6H2,1H3/b23-11-/t13-,14-,19-,20+/m0/s1. The van der Waals surface area contributed by atoms with Crippen LogP contribution >= 0.6 is 0 Å². The molecule has 0 N–H and O–H groups in total. The summed E-state index contributed by atoms with van der Waals surface area (Å²) in [6, 6.07) is 8.10. The Morgan fingerprint density at radius 1 is 1.10 bits per heavy atom. The van der Waals surface area contributed by atoms with Crippen molar-refractivity contribution in [1.29, 1.82) is 0 Å². The number of benzene rings is 1. The van der Waals surface area contributed by atoms with Gasteiger partial charge >= 0.3 is 0 Å². The van der Waals surface area contributed by atoms with Crippen molar-refractivity contribution in [3.63, 3.8) is 0 Å². The number of fused-ring (bicyclic) bond motifs is 1. The van der Waals surface area contributed by atoms with E-state index in [0.29, 0.717) is 17.1 Å². The van der Waals surface area contributed by atoms with Crippen molar-refractivity contribution in [2.45, 2.75) is 19.8 Å². The van der Waals surface area contributed by atoms with Crippen LogP contribution in [0.2, 0.25) is 0 Å². The maximum Gasteiger partial charge on any atom is 0.280 e. The zero-order chi connectivity index (χ0) is 21.0. The number of nitro benzene ring substituents is 1. The normalized spacial score (nSPS) is 27.3. The van der Waals surface area contributed by atoms with E-state index >= 15 is 0 Å². The van der Waals surface area contributed by atoms with Gasteiger partial charge in [0.25, 0.3) is 17.5 Å². The average molecular weight is 405 g/mol. The van der Waals surface area contributed by atoms with E-state index in [1.165, 1.54) is 12.3 Å². The van der Waals surface area contributed by atoms with Gasteiger partial charge < -0.3 is 4.42 Å². The first-order valence-electron chi connectivity index (χ1n) is 9.89. The Morgan fingerprint density at radius 3 is 2.37 bits per heavy atom. The van der Waals surface area contributed by atoms with E-state index in [2.05, 4.69) is 17.3 Å². The van der Waals surface area contributed by atoms with E-state index in [4.69, 9.17) is 4.42 Å². The van der Waals surface area contributed by atoms with Gasteiger partial charge in [-0.25, -0.2) is 0 Å². The molecule has 1 aliphatic heterocycles. The van der Waals surface area contributed by atoms with Crippen LogP contribution in [0, 0.1) is 40.7 Å². The summed E-state index contributed by atoms with van der Waals surface area (Å²) >= 11 is 0. The van der Waals surface area contributed by atoms with Gasteiger partial charge in [-0.3, -0.25) is 19.7 Å². The van der Waals surface area contributed by atoms with Crippen LogP contribution in [0.25, 0.3) is 11.3 Å². The minimum atomic E-state index is -0.454. The van der Waals surface area contributed by atoms with E-state index in [1.807, 2.05) is 0 Å². The van der Waals surface area contributed by atoms with Gasteiger partial charge in [-0.05, 0) is 55.4 Å². The van der Waals surface area contributed by atoms with Crippen LogP contribution in [0.3, 0.4) is 0 Å². The number of carbonyl (C=O) groups is 2. The summed E-state index contributed by atoms with van der Waals surface area (Å²) in [5.41, 5.74) is 1.08. The average Bonchev–Trinajstić information content (AvgIpc) is 3.31. The summed E-state index contributed by atoms with van der Waals surface area (Å²) in [4.78, 5) is 36.5. The number of furan rings is 1. The maximum atomic E-state index is 12.8. The number of hydrazone groups is 1. The summed E-state index contributed by atoms with van der Waals surface area (Å²) in [5.74, 6) is -0.332. The van der Waals surface area contributed by atoms with E-state index in [0.717, 1.165) is 23.4 Å². The quantitative estimate of drug-likeness (QED) is 0.254. The molecule has 30 heavy (non-hydrogen) atoms. The van der Waals surface area contributed by atoms with Crippen molar-refractivity contribution in [3.05, 3.63) is 63.9 Å². The van der Waals surface area contributed by atoms with Crippen LogP contribution < -0.4 is 0 Å². The van der Waals surface area contributed by atoms with E-state index in [9.17, 15) is 19.7 Å². The third kappa shape index (κ3) is 2.79. The number of allylic oxidation sites excluding steroid dienone is 2. The van der Waals surface area contributed by atoms with Crippen LogP contribution in [0.5, 0.6) is 0 Å². The van der Waals surface area contributed by atoms with Gasteiger partial charge in [0.1, 0.15) is 11.5 Å². The van der Waals surface area contributed by atoms with Crippen molar-refractivity contribution in [3.8, 4) is 11.3 Å². The first-order chi connectivity index (χ1) is 14.4. The zero-order valence-electron chi connectivity index (χ0n) is 16.2. The number of rotatable bonds is 4. The molecule has 8 nitrogen and oxygen atoms in total. The van der Waals surface area contributed by atoms with Gasteiger partial charge in [-0.15, -0.1) is 0 Å². The number of nitro groups is 1. The topological polar surface area (TPSA) is 106 Å². The molecule has 0 spiro atoms. The zero-order valence-corrected chi connectivity index (χ0v) is 16.2. The number of hydrogen-bond donors (Lipinski definition) is 0. The predicted octanol–water partition coefficient (Wildman–Crippen LogP) is 3.69. The largest absolute Gasteiger partial charge is 0.455 e. The van der Waals surface area contributed by atoms with Crippen LogP contribution in [0.4, 0.5) is 5.69 Å². The molecule has 152 valence electrons. The Bertz CT molecular complexity index is 1100. The predicted molar refractivity (Wildman–Crippen MR) is 107 cm³/mol. The van der Waals surface area contributed by atoms with E-state index in [1.54, 1.807) is 31.2 Å². The van der Waals surface area contributed by atoms with Crippen LogP contribution in [-0.4, -0.2) is 28.0 Å². The molecule has 6 rings (SSSR count). The molecule has 2 fully saturated rings. The van der Waals surface area contributed by atoms with Gasteiger partial charge in [-0.1, -0.05) is 18.2 Å². The van der Waals surface area contributed by atoms with Gasteiger partial charge in [0.2, 0.25) is 0 Å². The maximum absolute atomic E-state index is 12.8. The summed E-state index contributed by atoms with van der Waals surface area (Å²) < 4.78 is 5.69. The number of amides is 2. The molecule has 2 amide bonds. The molecule has 4 aliphatic rings. The fourth-order valence-corrected chi connectivity index (χ4v) is 4.85. The molecule has 1 saturated carbocycles. The lowest BCUT2D eigenvalue weighted by molar-refractivity contribution is -0.384. The van der Waals surface area contributed by atoms with Crippen LogP contribution in [0.15, 0.2) is 52.0 Å². The molecule has 1 aromatic heterocycles. The second-order valence-corrected chi connectivity index (χ2v) is 8.05. The molecular weight excluding hydrogens is 386 g/mol. The van der Waals surface area contributed by atoms with Gasteiger partial charge in [0.15, 0.2) is 0 Å². The van der Waals surface area contributed by atoms with Crippen LogP contribution in [-0.2, 0) is 9.59 Å². The lowest BCUT2D eigenvalue weighted by atomic mass is 9.63. The number of carbonyl (C=O) groups excluding carboxylic acids is 2. The number of hydrogen-bond acceptors (Lipinski definition) is 6. The summed E-state index contributed by atoms with van der Waals surface area (Å²) in [6.45, 7) is 1.78. The van der Waals surface area contributed by atoms with Crippen molar-refractivity contribution in [2.24, 2.45) is 28.8 Å². The van der Waals surface area contributed by atoms with Crippen molar-refractivity contribution < 1.29 is 18.9 Å². The second kappa shape index (κ2) is 6.76. The molecule has 1 aromatic carbocycles. The molecule has 1 saturated heterocycles. The molecular formula is C22H19N3O5. The monoisotopic (exact) mass is 405 g/mol. The fourth-order valence-electron chi connectivity index (χ4n) is 4.85. The molecule has 2 aromatic rings. The second-order valence-electron chi connectivity index (χ2n) is 8.05. The van der Waals surface area contributed by atoms with Crippen molar-refractivity contribution in [1.82, 2.24) is 5.01 Å². The smallest absolute Gasteiger partial charge is 0.280 e. The number of imide groups is 1. The molecule has 2 bridgehead atoms. The molecule has 2 heterocycles. The number of aryl methyl sites for hydroxylation is 1. The highest BCUT2D eigenvalue weighted by molar-refractivity contribution is 6.06. The summed E-state index contributed by atoms with van der Waals surface area (Å²) in [7, 11) is 0. The number of nitrogens with zero attached hydrogens (tertiary/aromatic N) is 3. The molecule has 3 aliphatic carbocycles. The van der Waals surface area contributed by atoms with Gasteiger partial charge in [0.05, 0.1) is 28.5 Å². The minimum Gasteiger partial charge on any atom is -0.455 e. The molecule has 0 radical (unpaired) electrons. The Kier molecular flexibility index (Phi) is 4.16. The Morgan fingerprint density at radius 2 is 1.77 bits per heavy atom. The van der Waals surface area contributed by atoms with Crippen molar-refractivity contribution in [2.75, 3.05) is 0 Å². The molecule has 8 heteroatoms.